The van der Waals surface area contributed by atoms with Crippen LogP contribution in [0.2, 0.25) is 0 Å². The summed E-state index contributed by atoms with van der Waals surface area (Å²) in [4.78, 5) is 15.9. The quantitative estimate of drug-likeness (QED) is 0.742. The molecule has 0 spiro atoms. The number of benzene rings is 2. The second-order valence-electron chi connectivity index (χ2n) is 9.82. The molecule has 0 aromatic heterocycles. The molecule has 1 aliphatic carbocycles. The average Bonchev–Trinajstić information content (AvgIpc) is 3.56. The van der Waals surface area contributed by atoms with E-state index in [9.17, 15) is 4.79 Å². The van der Waals surface area contributed by atoms with E-state index < -0.39 is 0 Å². The van der Waals surface area contributed by atoms with E-state index in [0.717, 1.165) is 38.0 Å². The van der Waals surface area contributed by atoms with Crippen LogP contribution in [0.1, 0.15) is 60.8 Å². The molecule has 3 fully saturated rings. The van der Waals surface area contributed by atoms with Gasteiger partial charge in [-0.25, -0.2) is 0 Å². The number of methoxy groups -OCH3 is 1. The van der Waals surface area contributed by atoms with Crippen molar-refractivity contribution < 1.29 is 9.53 Å². The molecule has 0 radical (unpaired) electrons. The highest BCUT2D eigenvalue weighted by molar-refractivity contribution is 5.91. The van der Waals surface area contributed by atoms with Crippen molar-refractivity contribution in [3.8, 4) is 5.75 Å². The van der Waals surface area contributed by atoms with Crippen LogP contribution in [0, 0.1) is 13.8 Å². The number of hydrogen-bond donors (Lipinski definition) is 1. The first-order chi connectivity index (χ1) is 15.0. The summed E-state index contributed by atoms with van der Waals surface area (Å²) in [6, 6.07) is 16.1. The number of amides is 1. The molecule has 31 heavy (non-hydrogen) atoms. The Morgan fingerprint density at radius 3 is 2.32 bits per heavy atom. The molecule has 2 aromatic carbocycles. The van der Waals surface area contributed by atoms with Crippen molar-refractivity contribution >= 4 is 5.91 Å². The van der Waals surface area contributed by atoms with Gasteiger partial charge in [-0.05, 0) is 80.7 Å². The summed E-state index contributed by atoms with van der Waals surface area (Å²) in [6.45, 7) is 5.36. The van der Waals surface area contributed by atoms with Gasteiger partial charge in [-0.1, -0.05) is 36.4 Å². The largest absolute Gasteiger partial charge is 0.496 e. The highest BCUT2D eigenvalue weighted by Gasteiger charge is 2.52. The Kier molecular flexibility index (Phi) is 5.29. The lowest BCUT2D eigenvalue weighted by atomic mass is 9.92. The van der Waals surface area contributed by atoms with Gasteiger partial charge in [0, 0.05) is 24.7 Å². The molecule has 2 aliphatic heterocycles. The predicted octanol–water partition coefficient (Wildman–Crippen LogP) is 4.66. The molecule has 164 valence electrons. The Hall–Kier alpha value is -2.33. The summed E-state index contributed by atoms with van der Waals surface area (Å²) in [7, 11) is 1.74. The number of rotatable bonds is 6. The molecule has 1 amide bonds. The predicted molar refractivity (Wildman–Crippen MR) is 123 cm³/mol. The van der Waals surface area contributed by atoms with Crippen LogP contribution < -0.4 is 10.1 Å². The van der Waals surface area contributed by atoms with Gasteiger partial charge in [-0.3, -0.25) is 9.69 Å². The molecule has 2 unspecified atom stereocenters. The van der Waals surface area contributed by atoms with E-state index in [1.165, 1.54) is 35.1 Å². The fraction of sp³-hybridized carbons (Fsp3) is 0.519. The highest BCUT2D eigenvalue weighted by atomic mass is 16.5. The molecule has 3 aliphatic rings. The van der Waals surface area contributed by atoms with Crippen molar-refractivity contribution in [3.63, 3.8) is 0 Å². The van der Waals surface area contributed by atoms with E-state index in [0.29, 0.717) is 18.1 Å². The Morgan fingerprint density at radius 1 is 1.03 bits per heavy atom. The molecule has 1 saturated carbocycles. The van der Waals surface area contributed by atoms with E-state index in [2.05, 4.69) is 48.3 Å². The minimum Gasteiger partial charge on any atom is -0.496 e. The van der Waals surface area contributed by atoms with E-state index in [4.69, 9.17) is 4.74 Å². The van der Waals surface area contributed by atoms with E-state index in [-0.39, 0.29) is 11.3 Å². The Labute approximate surface area is 186 Å². The van der Waals surface area contributed by atoms with Crippen LogP contribution in [0.5, 0.6) is 5.75 Å². The van der Waals surface area contributed by atoms with Gasteiger partial charge in [-0.15, -0.1) is 0 Å². The summed E-state index contributed by atoms with van der Waals surface area (Å²) < 4.78 is 5.49. The maximum Gasteiger partial charge on any atom is 0.230 e. The standard InChI is InChI=1S/C27H34N2O2/c1-18-19(2)25(31-3)12-9-20(18)17-29-23-10-11-24(29)16-22(15-23)28-26(30)27(13-14-27)21-7-5-4-6-8-21/h4-9,12,22-24H,10-11,13-17H2,1-3H3,(H,28,30). The van der Waals surface area contributed by atoms with Gasteiger partial charge in [0.2, 0.25) is 5.91 Å². The minimum atomic E-state index is -0.269. The zero-order valence-corrected chi connectivity index (χ0v) is 19.0. The second kappa shape index (κ2) is 7.98. The maximum atomic E-state index is 13.2. The molecular formula is C27H34N2O2. The number of nitrogens with zero attached hydrogens (tertiary/aromatic N) is 1. The summed E-state index contributed by atoms with van der Waals surface area (Å²) in [5.41, 5.74) is 4.89. The zero-order valence-electron chi connectivity index (χ0n) is 19.0. The molecule has 1 N–H and O–H groups in total. The molecule has 2 aromatic rings. The number of fused-ring (bicyclic) bond motifs is 2. The first-order valence-electron chi connectivity index (χ1n) is 11.8. The van der Waals surface area contributed by atoms with Crippen LogP contribution >= 0.6 is 0 Å². The Balaban J connectivity index is 1.25. The minimum absolute atomic E-state index is 0.248. The van der Waals surface area contributed by atoms with Crippen LogP contribution in [-0.2, 0) is 16.8 Å². The van der Waals surface area contributed by atoms with Crippen molar-refractivity contribution in [3.05, 3.63) is 64.7 Å². The molecule has 2 heterocycles. The highest BCUT2D eigenvalue weighted by Crippen LogP contribution is 2.49. The van der Waals surface area contributed by atoms with Gasteiger partial charge in [0.15, 0.2) is 0 Å². The van der Waals surface area contributed by atoms with Gasteiger partial charge in [0.1, 0.15) is 5.75 Å². The van der Waals surface area contributed by atoms with E-state index in [1.807, 2.05) is 18.2 Å². The van der Waals surface area contributed by atoms with Gasteiger partial charge in [0.25, 0.3) is 0 Å². The Bertz CT molecular complexity index is 953. The number of carbonyl (C=O) groups is 1. The number of carbonyl (C=O) groups excluding carboxylic acids is 1. The third-order valence-electron chi connectivity index (χ3n) is 8.15. The van der Waals surface area contributed by atoms with Crippen molar-refractivity contribution in [2.24, 2.45) is 0 Å². The van der Waals surface area contributed by atoms with Crippen molar-refractivity contribution in [2.75, 3.05) is 7.11 Å². The Morgan fingerprint density at radius 2 is 1.71 bits per heavy atom. The maximum absolute atomic E-state index is 13.2. The second-order valence-corrected chi connectivity index (χ2v) is 9.82. The normalized spacial score (nSPS) is 26.5. The average molecular weight is 419 g/mol. The van der Waals surface area contributed by atoms with Crippen LogP contribution in [0.15, 0.2) is 42.5 Å². The SMILES string of the molecule is COc1ccc(CN2C3CCC2CC(NC(=O)C2(c4ccccc4)CC2)C3)c(C)c1C. The van der Waals surface area contributed by atoms with Crippen molar-refractivity contribution in [1.82, 2.24) is 10.2 Å². The smallest absolute Gasteiger partial charge is 0.230 e. The van der Waals surface area contributed by atoms with Gasteiger partial charge < -0.3 is 10.1 Å². The third kappa shape index (κ3) is 3.65. The molecular weight excluding hydrogens is 384 g/mol. The van der Waals surface area contributed by atoms with Crippen LogP contribution in [0.4, 0.5) is 0 Å². The lowest BCUT2D eigenvalue weighted by molar-refractivity contribution is -0.124. The lowest BCUT2D eigenvalue weighted by Gasteiger charge is -2.40. The van der Waals surface area contributed by atoms with Gasteiger partial charge >= 0.3 is 0 Å². The molecule has 2 bridgehead atoms. The van der Waals surface area contributed by atoms with Gasteiger partial charge in [-0.2, -0.15) is 0 Å². The van der Waals surface area contributed by atoms with Crippen LogP contribution in [0.25, 0.3) is 0 Å². The first kappa shape index (κ1) is 20.6. The molecule has 5 rings (SSSR count). The van der Waals surface area contributed by atoms with Crippen molar-refractivity contribution in [1.29, 1.82) is 0 Å². The summed E-state index contributed by atoms with van der Waals surface area (Å²) >= 11 is 0. The zero-order chi connectivity index (χ0) is 21.6. The summed E-state index contributed by atoms with van der Waals surface area (Å²) in [5, 5.41) is 3.46. The number of ether oxygens (including phenoxy) is 1. The summed E-state index contributed by atoms with van der Waals surface area (Å²) in [5.74, 6) is 1.22. The number of hydrogen-bond acceptors (Lipinski definition) is 3. The monoisotopic (exact) mass is 418 g/mol. The number of nitrogens with one attached hydrogen (secondary N) is 1. The topological polar surface area (TPSA) is 41.6 Å². The van der Waals surface area contributed by atoms with E-state index in [1.54, 1.807) is 7.11 Å². The molecule has 2 saturated heterocycles. The van der Waals surface area contributed by atoms with Crippen LogP contribution in [0.3, 0.4) is 0 Å². The van der Waals surface area contributed by atoms with Gasteiger partial charge in [0.05, 0.1) is 12.5 Å². The van der Waals surface area contributed by atoms with E-state index >= 15 is 0 Å². The molecule has 4 nitrogen and oxygen atoms in total. The molecule has 2 atom stereocenters. The number of piperidine rings is 1. The third-order valence-corrected chi connectivity index (χ3v) is 8.15. The van der Waals surface area contributed by atoms with Crippen molar-refractivity contribution in [2.45, 2.75) is 82.5 Å². The first-order valence-corrected chi connectivity index (χ1v) is 11.8. The summed E-state index contributed by atoms with van der Waals surface area (Å²) in [6.07, 6.45) is 6.59. The fourth-order valence-corrected chi connectivity index (χ4v) is 5.94. The van der Waals surface area contributed by atoms with Crippen LogP contribution in [-0.4, -0.2) is 36.0 Å². The fourth-order valence-electron chi connectivity index (χ4n) is 5.94. The lowest BCUT2D eigenvalue weighted by Crippen LogP contribution is -2.51. The molecule has 4 heteroatoms.